The van der Waals surface area contributed by atoms with Crippen molar-refractivity contribution in [3.8, 4) is 0 Å². The molecule has 1 atom stereocenters. The van der Waals surface area contributed by atoms with Crippen LogP contribution in [0.2, 0.25) is 0 Å². The molecule has 60 valence electrons. The van der Waals surface area contributed by atoms with Crippen molar-refractivity contribution in [2.24, 2.45) is 5.92 Å². The molecule has 3 heteroatoms. The lowest BCUT2D eigenvalue weighted by molar-refractivity contribution is 0.0300. The largest absolute Gasteiger partial charge is 0.506 e. The summed E-state index contributed by atoms with van der Waals surface area (Å²) >= 11 is 0. The molecule has 3 nitrogen and oxygen atoms in total. The second kappa shape index (κ2) is 4.14. The maximum atomic E-state index is 10.1. The van der Waals surface area contributed by atoms with E-state index in [-0.39, 0.29) is 12.0 Å². The van der Waals surface area contributed by atoms with E-state index in [9.17, 15) is 4.79 Å². The quantitative estimate of drug-likeness (QED) is 0.620. The molecule has 10 heavy (non-hydrogen) atoms. The predicted molar refractivity (Wildman–Crippen MR) is 38.0 cm³/mol. The van der Waals surface area contributed by atoms with Gasteiger partial charge in [-0.05, 0) is 12.3 Å². The van der Waals surface area contributed by atoms with Crippen LogP contribution in [0, 0.1) is 5.92 Å². The summed E-state index contributed by atoms with van der Waals surface area (Å²) in [6.45, 7) is 5.79. The molecule has 0 saturated heterocycles. The van der Waals surface area contributed by atoms with Crippen LogP contribution in [0.4, 0.5) is 4.79 Å². The monoisotopic (exact) mass is 146 g/mol. The topological polar surface area (TPSA) is 46.5 Å². The van der Waals surface area contributed by atoms with Crippen LogP contribution in [0.25, 0.3) is 0 Å². The minimum atomic E-state index is -1.18. The Bertz CT molecular complexity index is 109. The van der Waals surface area contributed by atoms with E-state index in [1.807, 2.05) is 20.8 Å². The summed E-state index contributed by atoms with van der Waals surface area (Å²) in [7, 11) is 0. The van der Waals surface area contributed by atoms with Crippen molar-refractivity contribution in [1.82, 2.24) is 0 Å². The maximum Gasteiger partial charge on any atom is 0.506 e. The second-order valence-corrected chi connectivity index (χ2v) is 2.57. The predicted octanol–water partition coefficient (Wildman–Crippen LogP) is 2.12. The number of carbonyl (C=O) groups is 1. The standard InChI is InChI=1S/C7H14O3/c1-4-6(5(2)3)10-7(8)9/h5-6H,4H2,1-3H3,(H,8,9). The Labute approximate surface area is 61.0 Å². The van der Waals surface area contributed by atoms with Crippen molar-refractivity contribution < 1.29 is 14.6 Å². The van der Waals surface area contributed by atoms with Crippen LogP contribution in [0.1, 0.15) is 27.2 Å². The van der Waals surface area contributed by atoms with Gasteiger partial charge in [0.05, 0.1) is 0 Å². The highest BCUT2D eigenvalue weighted by molar-refractivity contribution is 5.57. The smallest absolute Gasteiger partial charge is 0.450 e. The lowest BCUT2D eigenvalue weighted by Crippen LogP contribution is -2.21. The van der Waals surface area contributed by atoms with Gasteiger partial charge < -0.3 is 9.84 Å². The molecule has 0 aromatic rings. The Balaban J connectivity index is 3.71. The summed E-state index contributed by atoms with van der Waals surface area (Å²) in [5, 5.41) is 8.24. The molecule has 0 heterocycles. The first-order chi connectivity index (χ1) is 4.57. The van der Waals surface area contributed by atoms with E-state index < -0.39 is 6.16 Å². The van der Waals surface area contributed by atoms with E-state index in [2.05, 4.69) is 4.74 Å². The van der Waals surface area contributed by atoms with Crippen LogP contribution in [0.5, 0.6) is 0 Å². The molecule has 0 rings (SSSR count). The molecule has 0 radical (unpaired) electrons. The highest BCUT2D eigenvalue weighted by Gasteiger charge is 2.14. The first-order valence-electron chi connectivity index (χ1n) is 3.47. The zero-order valence-electron chi connectivity index (χ0n) is 6.63. The van der Waals surface area contributed by atoms with E-state index in [0.717, 1.165) is 6.42 Å². The van der Waals surface area contributed by atoms with Gasteiger partial charge in [0.15, 0.2) is 0 Å². The van der Waals surface area contributed by atoms with Gasteiger partial charge >= 0.3 is 6.16 Å². The molecule has 0 aromatic carbocycles. The molecule has 1 unspecified atom stereocenters. The molecule has 0 amide bonds. The van der Waals surface area contributed by atoms with Gasteiger partial charge in [0.25, 0.3) is 0 Å². The average molecular weight is 146 g/mol. The molecular formula is C7H14O3. The van der Waals surface area contributed by atoms with Crippen LogP contribution in [0.15, 0.2) is 0 Å². The lowest BCUT2D eigenvalue weighted by atomic mass is 10.1. The van der Waals surface area contributed by atoms with Gasteiger partial charge in [-0.2, -0.15) is 0 Å². The van der Waals surface area contributed by atoms with Crippen LogP contribution in [-0.2, 0) is 4.74 Å². The van der Waals surface area contributed by atoms with E-state index >= 15 is 0 Å². The highest BCUT2D eigenvalue weighted by Crippen LogP contribution is 2.09. The Hall–Kier alpha value is -0.730. The highest BCUT2D eigenvalue weighted by atomic mass is 16.7. The Morgan fingerprint density at radius 1 is 1.60 bits per heavy atom. The minimum Gasteiger partial charge on any atom is -0.450 e. The first-order valence-corrected chi connectivity index (χ1v) is 3.47. The minimum absolute atomic E-state index is 0.155. The van der Waals surface area contributed by atoms with Gasteiger partial charge in [0.1, 0.15) is 6.10 Å². The van der Waals surface area contributed by atoms with Crippen molar-refractivity contribution in [3.63, 3.8) is 0 Å². The zero-order chi connectivity index (χ0) is 8.15. The second-order valence-electron chi connectivity index (χ2n) is 2.57. The van der Waals surface area contributed by atoms with Crippen LogP contribution >= 0.6 is 0 Å². The summed E-state index contributed by atoms with van der Waals surface area (Å²) in [5.41, 5.74) is 0. The van der Waals surface area contributed by atoms with Gasteiger partial charge in [0, 0.05) is 0 Å². The third-order valence-electron chi connectivity index (χ3n) is 1.40. The molecule has 0 aliphatic heterocycles. The summed E-state index contributed by atoms with van der Waals surface area (Å²) in [4.78, 5) is 10.1. The van der Waals surface area contributed by atoms with Gasteiger partial charge in [-0.3, -0.25) is 0 Å². The molecule has 0 aliphatic carbocycles. The van der Waals surface area contributed by atoms with Crippen LogP contribution < -0.4 is 0 Å². The van der Waals surface area contributed by atoms with Gasteiger partial charge in [-0.15, -0.1) is 0 Å². The molecule has 0 aliphatic rings. The number of hydrogen-bond donors (Lipinski definition) is 1. The lowest BCUT2D eigenvalue weighted by Gasteiger charge is -2.16. The maximum absolute atomic E-state index is 10.1. The molecule has 0 bridgehead atoms. The van der Waals surface area contributed by atoms with Crippen LogP contribution in [-0.4, -0.2) is 17.4 Å². The van der Waals surface area contributed by atoms with E-state index in [1.165, 1.54) is 0 Å². The van der Waals surface area contributed by atoms with Gasteiger partial charge in [0.2, 0.25) is 0 Å². The Morgan fingerprint density at radius 2 is 2.10 bits per heavy atom. The van der Waals surface area contributed by atoms with Crippen LogP contribution in [0.3, 0.4) is 0 Å². The molecule has 0 fully saturated rings. The fourth-order valence-electron chi connectivity index (χ4n) is 0.820. The Morgan fingerprint density at radius 3 is 2.20 bits per heavy atom. The summed E-state index contributed by atoms with van der Waals surface area (Å²) in [6.07, 6.45) is -0.595. The molecule has 0 spiro atoms. The van der Waals surface area contributed by atoms with Crippen molar-refractivity contribution >= 4 is 6.16 Å². The third kappa shape index (κ3) is 3.33. The molecule has 1 N–H and O–H groups in total. The van der Waals surface area contributed by atoms with Gasteiger partial charge in [-0.1, -0.05) is 20.8 Å². The van der Waals surface area contributed by atoms with Gasteiger partial charge in [-0.25, -0.2) is 4.79 Å². The SMILES string of the molecule is CCC(OC(=O)O)C(C)C. The summed E-state index contributed by atoms with van der Waals surface area (Å²) < 4.78 is 4.58. The third-order valence-corrected chi connectivity index (χ3v) is 1.40. The molecule has 0 aromatic heterocycles. The Kier molecular flexibility index (Phi) is 3.84. The zero-order valence-corrected chi connectivity index (χ0v) is 6.63. The first kappa shape index (κ1) is 9.27. The molecular weight excluding hydrogens is 132 g/mol. The molecule has 0 saturated carbocycles. The van der Waals surface area contributed by atoms with E-state index in [0.29, 0.717) is 0 Å². The number of rotatable bonds is 3. The number of ether oxygens (including phenoxy) is 1. The van der Waals surface area contributed by atoms with Crippen molar-refractivity contribution in [3.05, 3.63) is 0 Å². The van der Waals surface area contributed by atoms with Crippen molar-refractivity contribution in [2.75, 3.05) is 0 Å². The fourth-order valence-corrected chi connectivity index (χ4v) is 0.820. The normalized spacial score (nSPS) is 13.2. The average Bonchev–Trinajstić information content (AvgIpc) is 1.81. The fraction of sp³-hybridized carbons (Fsp3) is 0.857. The summed E-state index contributed by atoms with van der Waals surface area (Å²) in [6, 6.07) is 0. The number of carboxylic acid groups (broad SMARTS) is 1. The summed E-state index contributed by atoms with van der Waals surface area (Å²) in [5.74, 6) is 0.265. The number of hydrogen-bond acceptors (Lipinski definition) is 2. The van der Waals surface area contributed by atoms with Crippen molar-refractivity contribution in [1.29, 1.82) is 0 Å². The van der Waals surface area contributed by atoms with E-state index in [1.54, 1.807) is 0 Å². The van der Waals surface area contributed by atoms with E-state index in [4.69, 9.17) is 5.11 Å². The van der Waals surface area contributed by atoms with Crippen molar-refractivity contribution in [2.45, 2.75) is 33.3 Å².